The van der Waals surface area contributed by atoms with Crippen molar-refractivity contribution in [3.8, 4) is 11.3 Å². The molecule has 2 nitrogen and oxygen atoms in total. The van der Waals surface area contributed by atoms with Crippen LogP contribution >= 0.6 is 0 Å². The van der Waals surface area contributed by atoms with E-state index in [2.05, 4.69) is 50.4 Å². The Kier molecular flexibility index (Phi) is 3.58. The molecular formula is C16H21NO. The molecule has 0 spiro atoms. The summed E-state index contributed by atoms with van der Waals surface area (Å²) < 4.78 is 5.77. The zero-order valence-corrected chi connectivity index (χ0v) is 11.6. The van der Waals surface area contributed by atoms with E-state index in [1.807, 2.05) is 19.2 Å². The summed E-state index contributed by atoms with van der Waals surface area (Å²) in [4.78, 5) is 0. The molecule has 0 fully saturated rings. The summed E-state index contributed by atoms with van der Waals surface area (Å²) in [6.07, 6.45) is 0. The topological polar surface area (TPSA) is 25.2 Å². The van der Waals surface area contributed by atoms with E-state index in [1.54, 1.807) is 0 Å². The van der Waals surface area contributed by atoms with Gasteiger partial charge in [0.05, 0.1) is 6.54 Å². The molecule has 0 aliphatic rings. The van der Waals surface area contributed by atoms with Crippen LogP contribution in [0.15, 0.2) is 40.8 Å². The Morgan fingerprint density at radius 3 is 2.22 bits per heavy atom. The summed E-state index contributed by atoms with van der Waals surface area (Å²) in [5.74, 6) is 1.90. The molecule has 96 valence electrons. The number of furan rings is 1. The molecule has 0 saturated carbocycles. The zero-order valence-electron chi connectivity index (χ0n) is 11.6. The van der Waals surface area contributed by atoms with Crippen molar-refractivity contribution < 1.29 is 4.42 Å². The molecule has 0 saturated heterocycles. The molecular weight excluding hydrogens is 222 g/mol. The molecule has 0 aliphatic carbocycles. The maximum atomic E-state index is 5.77. The summed E-state index contributed by atoms with van der Waals surface area (Å²) in [5.41, 5.74) is 2.66. The van der Waals surface area contributed by atoms with Gasteiger partial charge in [-0.05, 0) is 30.2 Å². The molecule has 2 aromatic rings. The van der Waals surface area contributed by atoms with E-state index in [9.17, 15) is 0 Å². The molecule has 1 aromatic heterocycles. The predicted octanol–water partition coefficient (Wildman–Crippen LogP) is 3.96. The molecule has 0 aliphatic heterocycles. The molecule has 0 radical (unpaired) electrons. The quantitative estimate of drug-likeness (QED) is 0.882. The van der Waals surface area contributed by atoms with E-state index in [-0.39, 0.29) is 5.41 Å². The van der Waals surface area contributed by atoms with Gasteiger partial charge in [-0.3, -0.25) is 0 Å². The number of hydrogen-bond donors (Lipinski definition) is 1. The van der Waals surface area contributed by atoms with Crippen molar-refractivity contribution in [1.82, 2.24) is 5.32 Å². The molecule has 18 heavy (non-hydrogen) atoms. The standard InChI is InChI=1S/C16H21NO/c1-16(2,3)13-7-5-12(6-8-13)15-10-9-14(18-15)11-17-4/h5-10,17H,11H2,1-4H3. The lowest BCUT2D eigenvalue weighted by molar-refractivity contribution is 0.507. The van der Waals surface area contributed by atoms with E-state index >= 15 is 0 Å². The first-order valence-corrected chi connectivity index (χ1v) is 6.35. The Morgan fingerprint density at radius 2 is 1.67 bits per heavy atom. The van der Waals surface area contributed by atoms with E-state index < -0.39 is 0 Å². The van der Waals surface area contributed by atoms with Gasteiger partial charge in [-0.15, -0.1) is 0 Å². The van der Waals surface area contributed by atoms with Gasteiger partial charge < -0.3 is 9.73 Å². The lowest BCUT2D eigenvalue weighted by Crippen LogP contribution is -2.10. The van der Waals surface area contributed by atoms with Crippen molar-refractivity contribution in [2.24, 2.45) is 0 Å². The van der Waals surface area contributed by atoms with Crippen molar-refractivity contribution in [2.75, 3.05) is 7.05 Å². The van der Waals surface area contributed by atoms with Crippen LogP contribution in [0, 0.1) is 0 Å². The fraction of sp³-hybridized carbons (Fsp3) is 0.375. The van der Waals surface area contributed by atoms with Gasteiger partial charge in [0.25, 0.3) is 0 Å². The van der Waals surface area contributed by atoms with Gasteiger partial charge in [0.15, 0.2) is 0 Å². The monoisotopic (exact) mass is 243 g/mol. The Hall–Kier alpha value is -1.54. The average Bonchev–Trinajstić information content (AvgIpc) is 2.77. The summed E-state index contributed by atoms with van der Waals surface area (Å²) in [6.45, 7) is 7.43. The summed E-state index contributed by atoms with van der Waals surface area (Å²) in [7, 11) is 1.92. The molecule has 2 heteroatoms. The van der Waals surface area contributed by atoms with Gasteiger partial charge in [-0.1, -0.05) is 45.0 Å². The second kappa shape index (κ2) is 4.99. The zero-order chi connectivity index (χ0) is 13.2. The lowest BCUT2D eigenvalue weighted by Gasteiger charge is -2.18. The first-order chi connectivity index (χ1) is 8.50. The minimum absolute atomic E-state index is 0.193. The second-order valence-electron chi connectivity index (χ2n) is 5.62. The first-order valence-electron chi connectivity index (χ1n) is 6.35. The largest absolute Gasteiger partial charge is 0.460 e. The SMILES string of the molecule is CNCc1ccc(-c2ccc(C(C)(C)C)cc2)o1. The van der Waals surface area contributed by atoms with Crippen LogP contribution in [-0.4, -0.2) is 7.05 Å². The second-order valence-corrected chi connectivity index (χ2v) is 5.62. The molecule has 1 N–H and O–H groups in total. The number of benzene rings is 1. The maximum Gasteiger partial charge on any atom is 0.134 e. The summed E-state index contributed by atoms with van der Waals surface area (Å²) in [6, 6.07) is 12.7. The molecule has 0 bridgehead atoms. The highest BCUT2D eigenvalue weighted by Crippen LogP contribution is 2.27. The Balaban J connectivity index is 2.23. The third-order valence-electron chi connectivity index (χ3n) is 3.05. The Labute approximate surface area is 109 Å². The van der Waals surface area contributed by atoms with Crippen LogP contribution in [-0.2, 0) is 12.0 Å². The van der Waals surface area contributed by atoms with E-state index in [0.29, 0.717) is 0 Å². The highest BCUT2D eigenvalue weighted by molar-refractivity contribution is 5.58. The number of nitrogens with one attached hydrogen (secondary N) is 1. The van der Waals surface area contributed by atoms with Crippen LogP contribution < -0.4 is 5.32 Å². The molecule has 1 aromatic carbocycles. The van der Waals surface area contributed by atoms with Crippen molar-refractivity contribution in [1.29, 1.82) is 0 Å². The average molecular weight is 243 g/mol. The van der Waals surface area contributed by atoms with E-state index in [1.165, 1.54) is 5.56 Å². The normalized spacial score (nSPS) is 11.8. The predicted molar refractivity (Wildman–Crippen MR) is 75.6 cm³/mol. The Bertz CT molecular complexity index is 503. The fourth-order valence-corrected chi connectivity index (χ4v) is 1.94. The number of hydrogen-bond acceptors (Lipinski definition) is 2. The van der Waals surface area contributed by atoms with Crippen LogP contribution in [0.4, 0.5) is 0 Å². The third-order valence-corrected chi connectivity index (χ3v) is 3.05. The van der Waals surface area contributed by atoms with Crippen molar-refractivity contribution in [3.05, 3.63) is 47.7 Å². The first kappa shape index (κ1) is 12.9. The van der Waals surface area contributed by atoms with Gasteiger partial charge in [-0.25, -0.2) is 0 Å². The van der Waals surface area contributed by atoms with Crippen LogP contribution in [0.1, 0.15) is 32.1 Å². The summed E-state index contributed by atoms with van der Waals surface area (Å²) >= 11 is 0. The van der Waals surface area contributed by atoms with Crippen LogP contribution in [0.2, 0.25) is 0 Å². The molecule has 0 amide bonds. The molecule has 1 heterocycles. The third kappa shape index (κ3) is 2.82. The molecule has 2 rings (SSSR count). The van der Waals surface area contributed by atoms with E-state index in [4.69, 9.17) is 4.42 Å². The van der Waals surface area contributed by atoms with Crippen molar-refractivity contribution in [2.45, 2.75) is 32.7 Å². The van der Waals surface area contributed by atoms with E-state index in [0.717, 1.165) is 23.6 Å². The van der Waals surface area contributed by atoms with Gasteiger partial charge >= 0.3 is 0 Å². The lowest BCUT2D eigenvalue weighted by atomic mass is 9.86. The smallest absolute Gasteiger partial charge is 0.134 e. The highest BCUT2D eigenvalue weighted by atomic mass is 16.3. The van der Waals surface area contributed by atoms with Crippen LogP contribution in [0.5, 0.6) is 0 Å². The fourth-order valence-electron chi connectivity index (χ4n) is 1.94. The van der Waals surface area contributed by atoms with Crippen molar-refractivity contribution >= 4 is 0 Å². The van der Waals surface area contributed by atoms with Crippen molar-refractivity contribution in [3.63, 3.8) is 0 Å². The maximum absolute atomic E-state index is 5.77. The Morgan fingerprint density at radius 1 is 1.00 bits per heavy atom. The van der Waals surface area contributed by atoms with Crippen LogP contribution in [0.25, 0.3) is 11.3 Å². The highest BCUT2D eigenvalue weighted by Gasteiger charge is 2.13. The molecule has 0 atom stereocenters. The molecule has 0 unspecified atom stereocenters. The van der Waals surface area contributed by atoms with Gasteiger partial charge in [0.1, 0.15) is 11.5 Å². The minimum atomic E-state index is 0.193. The van der Waals surface area contributed by atoms with Gasteiger partial charge in [-0.2, -0.15) is 0 Å². The minimum Gasteiger partial charge on any atom is -0.460 e. The van der Waals surface area contributed by atoms with Crippen LogP contribution in [0.3, 0.4) is 0 Å². The summed E-state index contributed by atoms with van der Waals surface area (Å²) in [5, 5.41) is 3.08. The number of rotatable bonds is 3. The van der Waals surface area contributed by atoms with Gasteiger partial charge in [0, 0.05) is 5.56 Å². The van der Waals surface area contributed by atoms with Gasteiger partial charge in [0.2, 0.25) is 0 Å².